The predicted octanol–water partition coefficient (Wildman–Crippen LogP) is 6.47. The van der Waals surface area contributed by atoms with Crippen molar-refractivity contribution in [3.8, 4) is 0 Å². The van der Waals surface area contributed by atoms with Crippen LogP contribution in [0.5, 0.6) is 0 Å². The lowest BCUT2D eigenvalue weighted by atomic mass is 10.2. The first-order valence-electron chi connectivity index (χ1n) is 11.8. The third-order valence-corrected chi connectivity index (χ3v) is 9.11. The number of carbonyl (C=O) groups excluding carboxylic acids is 1. The molecule has 0 atom stereocenters. The van der Waals surface area contributed by atoms with E-state index in [4.69, 9.17) is 0 Å². The molecule has 7 nitrogen and oxygen atoms in total. The lowest BCUT2D eigenvalue weighted by molar-refractivity contribution is 0.0987. The summed E-state index contributed by atoms with van der Waals surface area (Å²) in [5.41, 5.74) is 3.01. The lowest BCUT2D eigenvalue weighted by Gasteiger charge is -2.17. The van der Waals surface area contributed by atoms with Crippen molar-refractivity contribution in [3.05, 3.63) is 87.9 Å². The SMILES string of the molecule is CCCCN(C)S(=O)(=O)c1ccc(C(=O)N(/N=C/c2ccc(C)cc2)c2nc3ccc(Br)cc3s2)cc1. The number of aryl methyl sites for hydroxylation is 1. The summed E-state index contributed by atoms with van der Waals surface area (Å²) in [4.78, 5) is 18.4. The van der Waals surface area contributed by atoms with Crippen molar-refractivity contribution in [3.63, 3.8) is 0 Å². The van der Waals surface area contributed by atoms with E-state index in [0.717, 1.165) is 38.7 Å². The molecule has 0 spiro atoms. The molecule has 1 heterocycles. The van der Waals surface area contributed by atoms with Crippen molar-refractivity contribution in [1.82, 2.24) is 9.29 Å². The van der Waals surface area contributed by atoms with Gasteiger partial charge in [-0.05, 0) is 61.4 Å². The third kappa shape index (κ3) is 6.32. The minimum atomic E-state index is -3.63. The second-order valence-corrected chi connectivity index (χ2v) is 12.6. The number of unbranched alkanes of at least 4 members (excludes halogenated alkanes) is 1. The maximum Gasteiger partial charge on any atom is 0.280 e. The Balaban J connectivity index is 1.67. The fourth-order valence-corrected chi connectivity index (χ4v) is 6.20. The van der Waals surface area contributed by atoms with E-state index in [1.54, 1.807) is 13.3 Å². The average Bonchev–Trinajstić information content (AvgIpc) is 3.31. The summed E-state index contributed by atoms with van der Waals surface area (Å²) < 4.78 is 28.9. The van der Waals surface area contributed by atoms with Gasteiger partial charge in [-0.2, -0.15) is 10.1 Å². The van der Waals surface area contributed by atoms with Gasteiger partial charge in [-0.3, -0.25) is 4.79 Å². The normalized spacial score (nSPS) is 12.0. The summed E-state index contributed by atoms with van der Waals surface area (Å²) in [7, 11) is -2.07. The first kappa shape index (κ1) is 27.1. The van der Waals surface area contributed by atoms with Crippen LogP contribution in [0.2, 0.25) is 0 Å². The molecule has 0 saturated heterocycles. The molecule has 1 amide bonds. The number of nitrogens with zero attached hydrogens (tertiary/aromatic N) is 4. The van der Waals surface area contributed by atoms with E-state index in [-0.39, 0.29) is 4.90 Å². The van der Waals surface area contributed by atoms with Gasteiger partial charge in [0.25, 0.3) is 5.91 Å². The molecule has 4 rings (SSSR count). The van der Waals surface area contributed by atoms with Gasteiger partial charge in [0.1, 0.15) is 0 Å². The van der Waals surface area contributed by atoms with Crippen LogP contribution in [-0.4, -0.2) is 43.4 Å². The van der Waals surface area contributed by atoms with Crippen LogP contribution in [0.4, 0.5) is 5.13 Å². The zero-order chi connectivity index (χ0) is 26.6. The number of aromatic nitrogens is 1. The molecule has 4 aromatic rings. The third-order valence-electron chi connectivity index (χ3n) is 5.75. The molecule has 37 heavy (non-hydrogen) atoms. The molecule has 0 aliphatic rings. The number of carbonyl (C=O) groups is 1. The highest BCUT2D eigenvalue weighted by molar-refractivity contribution is 9.10. The molecule has 0 bridgehead atoms. The summed E-state index contributed by atoms with van der Waals surface area (Å²) in [6.45, 7) is 4.45. The molecular formula is C27H27BrN4O3S2. The lowest BCUT2D eigenvalue weighted by Crippen LogP contribution is -2.28. The van der Waals surface area contributed by atoms with Gasteiger partial charge in [0.2, 0.25) is 15.2 Å². The number of rotatable bonds is 9. The number of hydrazone groups is 1. The molecule has 0 aliphatic heterocycles. The largest absolute Gasteiger partial charge is 0.280 e. The molecule has 3 aromatic carbocycles. The van der Waals surface area contributed by atoms with Gasteiger partial charge in [-0.15, -0.1) is 0 Å². The van der Waals surface area contributed by atoms with E-state index in [2.05, 4.69) is 26.0 Å². The minimum Gasteiger partial charge on any atom is -0.267 e. The fraction of sp³-hybridized carbons (Fsp3) is 0.222. The van der Waals surface area contributed by atoms with Crippen LogP contribution >= 0.6 is 27.3 Å². The van der Waals surface area contributed by atoms with Crippen molar-refractivity contribution < 1.29 is 13.2 Å². The number of anilines is 1. The van der Waals surface area contributed by atoms with Crippen LogP contribution < -0.4 is 5.01 Å². The number of sulfonamides is 1. The number of thiazole rings is 1. The van der Waals surface area contributed by atoms with E-state index >= 15 is 0 Å². The molecule has 0 aliphatic carbocycles. The van der Waals surface area contributed by atoms with Gasteiger partial charge in [0, 0.05) is 23.6 Å². The van der Waals surface area contributed by atoms with E-state index in [9.17, 15) is 13.2 Å². The summed E-state index contributed by atoms with van der Waals surface area (Å²) in [5.74, 6) is -0.412. The molecular weight excluding hydrogens is 572 g/mol. The number of halogens is 1. The van der Waals surface area contributed by atoms with Crippen molar-refractivity contribution in [2.45, 2.75) is 31.6 Å². The number of amides is 1. The Labute approximate surface area is 229 Å². The van der Waals surface area contributed by atoms with Gasteiger partial charge in [0.05, 0.1) is 21.3 Å². The first-order valence-corrected chi connectivity index (χ1v) is 14.8. The molecule has 192 valence electrons. The van der Waals surface area contributed by atoms with Gasteiger partial charge in [-0.25, -0.2) is 17.7 Å². The average molecular weight is 600 g/mol. The highest BCUT2D eigenvalue weighted by Crippen LogP contribution is 2.32. The Morgan fingerprint density at radius 3 is 2.46 bits per heavy atom. The van der Waals surface area contributed by atoms with Gasteiger partial charge < -0.3 is 0 Å². The second-order valence-electron chi connectivity index (χ2n) is 8.59. The van der Waals surface area contributed by atoms with Crippen LogP contribution in [0.25, 0.3) is 10.2 Å². The Kier molecular flexibility index (Phi) is 8.53. The standard InChI is InChI=1S/C27H27BrN4O3S2/c1-4-5-16-31(3)37(34,35)23-13-10-21(11-14-23)26(33)32(29-18-20-8-6-19(2)7-9-20)27-30-24-15-12-22(28)17-25(24)36-27/h6-15,17-18H,4-5,16H2,1-3H3/b29-18+. The molecule has 10 heteroatoms. The molecule has 0 fully saturated rings. The van der Waals surface area contributed by atoms with Crippen LogP contribution in [0, 0.1) is 6.92 Å². The first-order chi connectivity index (χ1) is 17.7. The smallest absolute Gasteiger partial charge is 0.267 e. The summed E-state index contributed by atoms with van der Waals surface area (Å²) >= 11 is 4.82. The van der Waals surface area contributed by atoms with Crippen molar-refractivity contribution in [1.29, 1.82) is 0 Å². The van der Waals surface area contributed by atoms with Crippen molar-refractivity contribution in [2.24, 2.45) is 5.10 Å². The Morgan fingerprint density at radius 2 is 1.78 bits per heavy atom. The monoisotopic (exact) mass is 598 g/mol. The molecule has 0 N–H and O–H groups in total. The van der Waals surface area contributed by atoms with Crippen LogP contribution in [-0.2, 0) is 10.0 Å². The minimum absolute atomic E-state index is 0.141. The topological polar surface area (TPSA) is 82.9 Å². The van der Waals surface area contributed by atoms with E-state index in [1.807, 2.05) is 56.3 Å². The quantitative estimate of drug-likeness (QED) is 0.163. The maximum atomic E-state index is 13.6. The van der Waals surface area contributed by atoms with Gasteiger partial charge >= 0.3 is 0 Å². The summed E-state index contributed by atoms with van der Waals surface area (Å²) in [5, 5.41) is 6.16. The van der Waals surface area contributed by atoms with E-state index in [0.29, 0.717) is 17.2 Å². The van der Waals surface area contributed by atoms with Crippen molar-refractivity contribution in [2.75, 3.05) is 18.6 Å². The van der Waals surface area contributed by atoms with E-state index in [1.165, 1.54) is 44.9 Å². The molecule has 0 unspecified atom stereocenters. The van der Waals surface area contributed by atoms with Crippen LogP contribution in [0.1, 0.15) is 41.3 Å². The van der Waals surface area contributed by atoms with Crippen LogP contribution in [0.15, 0.2) is 81.2 Å². The molecule has 1 aromatic heterocycles. The molecule has 0 saturated carbocycles. The Morgan fingerprint density at radius 1 is 1.08 bits per heavy atom. The second kappa shape index (κ2) is 11.6. The number of benzene rings is 3. The maximum absolute atomic E-state index is 13.6. The number of fused-ring (bicyclic) bond motifs is 1. The summed E-state index contributed by atoms with van der Waals surface area (Å²) in [6.07, 6.45) is 3.29. The number of hydrogen-bond acceptors (Lipinski definition) is 6. The highest BCUT2D eigenvalue weighted by Gasteiger charge is 2.24. The zero-order valence-electron chi connectivity index (χ0n) is 20.8. The van der Waals surface area contributed by atoms with Crippen LogP contribution in [0.3, 0.4) is 0 Å². The van der Waals surface area contributed by atoms with Gasteiger partial charge in [-0.1, -0.05) is 70.4 Å². The Hall–Kier alpha value is -2.92. The highest BCUT2D eigenvalue weighted by atomic mass is 79.9. The van der Waals surface area contributed by atoms with Gasteiger partial charge in [0.15, 0.2) is 0 Å². The summed E-state index contributed by atoms with van der Waals surface area (Å²) in [6, 6.07) is 19.4. The van der Waals surface area contributed by atoms with E-state index < -0.39 is 15.9 Å². The van der Waals surface area contributed by atoms with Crippen molar-refractivity contribution >= 4 is 64.8 Å². The number of hydrogen-bond donors (Lipinski definition) is 0. The fourth-order valence-electron chi connectivity index (χ4n) is 3.52. The molecule has 0 radical (unpaired) electrons. The Bertz CT molecular complexity index is 1530. The predicted molar refractivity (Wildman–Crippen MR) is 154 cm³/mol. The zero-order valence-corrected chi connectivity index (χ0v) is 24.0.